The van der Waals surface area contributed by atoms with Gasteiger partial charge in [0.05, 0.1) is 17.7 Å². The van der Waals surface area contributed by atoms with Crippen LogP contribution in [0.3, 0.4) is 0 Å². The van der Waals surface area contributed by atoms with Crippen molar-refractivity contribution in [1.82, 2.24) is 4.98 Å². The molecule has 1 N–H and O–H groups in total. The maximum atomic E-state index is 12.8. The molecule has 4 nitrogen and oxygen atoms in total. The normalized spacial score (nSPS) is 11.5. The summed E-state index contributed by atoms with van der Waals surface area (Å²) in [6, 6.07) is 11.3. The van der Waals surface area contributed by atoms with Crippen molar-refractivity contribution >= 4 is 16.9 Å². The molecule has 0 bridgehead atoms. The van der Waals surface area contributed by atoms with Gasteiger partial charge in [0.2, 0.25) is 0 Å². The number of rotatable bonds is 4. The molecule has 3 aromatic rings. The van der Waals surface area contributed by atoms with E-state index in [9.17, 15) is 18.0 Å². The Kier molecular flexibility index (Phi) is 4.39. The van der Waals surface area contributed by atoms with Gasteiger partial charge < -0.3 is 14.5 Å². The van der Waals surface area contributed by atoms with Crippen molar-refractivity contribution in [3.63, 3.8) is 0 Å². The van der Waals surface area contributed by atoms with Crippen LogP contribution in [0, 0.1) is 0 Å². The zero-order valence-electron chi connectivity index (χ0n) is 13.2. The maximum absolute atomic E-state index is 12.8. The molecule has 1 aromatic heterocycles. The highest BCUT2D eigenvalue weighted by atomic mass is 19.4. The average Bonchev–Trinajstić information content (AvgIpc) is 3.00. The molecular weight excluding hydrogens is 335 g/mol. The molecular formula is C18H14F3NO3. The molecule has 25 heavy (non-hydrogen) atoms. The van der Waals surface area contributed by atoms with Crippen molar-refractivity contribution in [3.8, 4) is 11.5 Å². The largest absolute Gasteiger partial charge is 0.461 e. The first-order chi connectivity index (χ1) is 11.9. The highest BCUT2D eigenvalue weighted by Gasteiger charge is 2.30. The molecule has 0 unspecified atom stereocenters. The fourth-order valence-electron chi connectivity index (χ4n) is 2.40. The summed E-state index contributed by atoms with van der Waals surface area (Å²) in [6.45, 7) is 1.94. The number of nitrogens with one attached hydrogen (secondary N) is 1. The smallest absolute Gasteiger partial charge is 0.416 e. The van der Waals surface area contributed by atoms with Gasteiger partial charge in [0.25, 0.3) is 0 Å². The van der Waals surface area contributed by atoms with E-state index in [1.165, 1.54) is 12.1 Å². The van der Waals surface area contributed by atoms with Crippen LogP contribution in [0.15, 0.2) is 48.5 Å². The summed E-state index contributed by atoms with van der Waals surface area (Å²) in [4.78, 5) is 14.7. The Labute approximate surface area is 141 Å². The van der Waals surface area contributed by atoms with Crippen molar-refractivity contribution < 1.29 is 27.4 Å². The summed E-state index contributed by atoms with van der Waals surface area (Å²) in [5.41, 5.74) is -0.0456. The molecule has 130 valence electrons. The van der Waals surface area contributed by atoms with Gasteiger partial charge >= 0.3 is 12.1 Å². The third kappa shape index (κ3) is 3.60. The fourth-order valence-corrected chi connectivity index (χ4v) is 2.40. The Morgan fingerprint density at radius 3 is 2.60 bits per heavy atom. The van der Waals surface area contributed by atoms with E-state index in [-0.39, 0.29) is 18.1 Å². The molecule has 0 saturated carbocycles. The Bertz CT molecular complexity index is 915. The van der Waals surface area contributed by atoms with Crippen LogP contribution in [-0.2, 0) is 10.9 Å². The first-order valence-corrected chi connectivity index (χ1v) is 7.52. The molecule has 2 aromatic carbocycles. The molecule has 0 aliphatic rings. The summed E-state index contributed by atoms with van der Waals surface area (Å²) < 4.78 is 49.0. The zero-order chi connectivity index (χ0) is 18.0. The minimum atomic E-state index is -4.45. The quantitative estimate of drug-likeness (QED) is 0.662. The molecule has 7 heteroatoms. The number of fused-ring (bicyclic) bond motifs is 1. The van der Waals surface area contributed by atoms with E-state index in [0.717, 1.165) is 12.1 Å². The van der Waals surface area contributed by atoms with E-state index in [4.69, 9.17) is 9.47 Å². The van der Waals surface area contributed by atoms with Crippen LogP contribution in [0.4, 0.5) is 13.2 Å². The molecule has 1 heterocycles. The number of alkyl halides is 3. The number of para-hydroxylation sites is 1. The number of H-pyrrole nitrogens is 1. The van der Waals surface area contributed by atoms with Crippen LogP contribution in [-0.4, -0.2) is 17.6 Å². The highest BCUT2D eigenvalue weighted by molar-refractivity contribution is 5.96. The lowest BCUT2D eigenvalue weighted by atomic mass is 10.2. The Balaban J connectivity index is 1.95. The van der Waals surface area contributed by atoms with E-state index in [0.29, 0.717) is 16.7 Å². The molecule has 0 saturated heterocycles. The summed E-state index contributed by atoms with van der Waals surface area (Å²) in [5, 5.41) is 0.688. The summed E-state index contributed by atoms with van der Waals surface area (Å²) >= 11 is 0. The molecule has 0 aliphatic carbocycles. The fraction of sp³-hybridized carbons (Fsp3) is 0.167. The number of carbonyl (C=O) groups is 1. The first kappa shape index (κ1) is 16.9. The lowest BCUT2D eigenvalue weighted by molar-refractivity contribution is -0.137. The van der Waals surface area contributed by atoms with Gasteiger partial charge in [-0.3, -0.25) is 0 Å². The third-order valence-electron chi connectivity index (χ3n) is 3.50. The van der Waals surface area contributed by atoms with Gasteiger partial charge in [0, 0.05) is 5.39 Å². The first-order valence-electron chi connectivity index (χ1n) is 7.52. The predicted octanol–water partition coefficient (Wildman–Crippen LogP) is 5.16. The standard InChI is InChI=1S/C18H14F3NO3/c1-2-24-17(23)14-9-11-5-3-8-15(16(11)22-14)25-13-7-4-6-12(10-13)18(19,20)21/h3-10,22H,2H2,1H3. The Morgan fingerprint density at radius 2 is 1.88 bits per heavy atom. The molecule has 0 spiro atoms. The molecule has 0 fully saturated rings. The van der Waals surface area contributed by atoms with Gasteiger partial charge in [0.15, 0.2) is 5.75 Å². The van der Waals surface area contributed by atoms with Gasteiger partial charge in [-0.2, -0.15) is 13.2 Å². The molecule has 0 atom stereocenters. The average molecular weight is 349 g/mol. The molecule has 0 aliphatic heterocycles. The second-order valence-corrected chi connectivity index (χ2v) is 5.25. The van der Waals surface area contributed by atoms with Crippen LogP contribution in [0.25, 0.3) is 10.9 Å². The number of aromatic nitrogens is 1. The molecule has 0 radical (unpaired) electrons. The number of halogens is 3. The van der Waals surface area contributed by atoms with E-state index >= 15 is 0 Å². The number of benzene rings is 2. The van der Waals surface area contributed by atoms with Crippen molar-refractivity contribution in [1.29, 1.82) is 0 Å². The third-order valence-corrected chi connectivity index (χ3v) is 3.50. The molecule has 3 rings (SSSR count). The predicted molar refractivity (Wildman–Crippen MR) is 85.8 cm³/mol. The summed E-state index contributed by atoms with van der Waals surface area (Å²) in [6.07, 6.45) is -4.45. The van der Waals surface area contributed by atoms with E-state index in [1.807, 2.05) is 0 Å². The number of esters is 1. The van der Waals surface area contributed by atoms with Gasteiger partial charge in [-0.25, -0.2) is 4.79 Å². The van der Waals surface area contributed by atoms with Crippen LogP contribution in [0.1, 0.15) is 23.0 Å². The van der Waals surface area contributed by atoms with E-state index < -0.39 is 17.7 Å². The van der Waals surface area contributed by atoms with E-state index in [1.54, 1.807) is 31.2 Å². The van der Waals surface area contributed by atoms with E-state index in [2.05, 4.69) is 4.98 Å². The van der Waals surface area contributed by atoms with Crippen molar-refractivity contribution in [2.24, 2.45) is 0 Å². The summed E-state index contributed by atoms with van der Waals surface area (Å²) in [7, 11) is 0. The monoisotopic (exact) mass is 349 g/mol. The second kappa shape index (κ2) is 6.51. The van der Waals surface area contributed by atoms with Crippen LogP contribution >= 0.6 is 0 Å². The maximum Gasteiger partial charge on any atom is 0.416 e. The lowest BCUT2D eigenvalue weighted by Crippen LogP contribution is -2.04. The number of ether oxygens (including phenoxy) is 2. The summed E-state index contributed by atoms with van der Waals surface area (Å²) in [5.74, 6) is -0.147. The van der Waals surface area contributed by atoms with Gasteiger partial charge in [0.1, 0.15) is 11.4 Å². The highest BCUT2D eigenvalue weighted by Crippen LogP contribution is 2.34. The molecule has 0 amide bonds. The van der Waals surface area contributed by atoms with Gasteiger partial charge in [-0.1, -0.05) is 18.2 Å². The number of aromatic amines is 1. The Hall–Kier alpha value is -2.96. The van der Waals surface area contributed by atoms with Crippen LogP contribution in [0.5, 0.6) is 11.5 Å². The minimum absolute atomic E-state index is 0.0506. The Morgan fingerprint density at radius 1 is 1.12 bits per heavy atom. The van der Waals surface area contributed by atoms with Crippen molar-refractivity contribution in [2.45, 2.75) is 13.1 Å². The topological polar surface area (TPSA) is 51.3 Å². The van der Waals surface area contributed by atoms with Gasteiger partial charge in [-0.15, -0.1) is 0 Å². The number of hydrogen-bond donors (Lipinski definition) is 1. The second-order valence-electron chi connectivity index (χ2n) is 5.25. The SMILES string of the molecule is CCOC(=O)c1cc2cccc(Oc3cccc(C(F)(F)F)c3)c2[nH]1. The number of hydrogen-bond acceptors (Lipinski definition) is 3. The zero-order valence-corrected chi connectivity index (χ0v) is 13.2. The van der Waals surface area contributed by atoms with Crippen molar-refractivity contribution in [2.75, 3.05) is 6.61 Å². The van der Waals surface area contributed by atoms with Gasteiger partial charge in [-0.05, 0) is 37.3 Å². The van der Waals surface area contributed by atoms with Crippen molar-refractivity contribution in [3.05, 3.63) is 59.8 Å². The van der Waals surface area contributed by atoms with Crippen LogP contribution in [0.2, 0.25) is 0 Å². The van der Waals surface area contributed by atoms with Crippen LogP contribution < -0.4 is 4.74 Å². The number of carbonyl (C=O) groups excluding carboxylic acids is 1. The lowest BCUT2D eigenvalue weighted by Gasteiger charge is -2.10. The minimum Gasteiger partial charge on any atom is -0.461 e.